The second kappa shape index (κ2) is 4.32. The molecular formula is C17H14N2O. The SMILES string of the molecule is O=C1CN[C@H](c2ccccc2)c2cccc3ccn1c23. The summed E-state index contributed by atoms with van der Waals surface area (Å²) >= 11 is 0. The molecule has 0 fully saturated rings. The van der Waals surface area contributed by atoms with Crippen LogP contribution in [0.3, 0.4) is 0 Å². The maximum absolute atomic E-state index is 12.2. The molecular weight excluding hydrogens is 248 g/mol. The summed E-state index contributed by atoms with van der Waals surface area (Å²) in [6.07, 6.45) is 1.87. The lowest BCUT2D eigenvalue weighted by atomic mass is 9.97. The molecule has 1 aliphatic heterocycles. The number of carbonyl (C=O) groups excluding carboxylic acids is 1. The van der Waals surface area contributed by atoms with Gasteiger partial charge in [0.1, 0.15) is 0 Å². The number of para-hydroxylation sites is 1. The van der Waals surface area contributed by atoms with E-state index in [0.29, 0.717) is 6.54 Å². The fraction of sp³-hybridized carbons (Fsp3) is 0.118. The van der Waals surface area contributed by atoms with E-state index in [1.807, 2.05) is 30.5 Å². The number of hydrogen-bond donors (Lipinski definition) is 1. The van der Waals surface area contributed by atoms with Crippen molar-refractivity contribution < 1.29 is 4.79 Å². The molecule has 4 rings (SSSR count). The first-order valence-corrected chi connectivity index (χ1v) is 6.76. The van der Waals surface area contributed by atoms with Crippen LogP contribution in [0.4, 0.5) is 0 Å². The van der Waals surface area contributed by atoms with E-state index < -0.39 is 0 Å². The van der Waals surface area contributed by atoms with Gasteiger partial charge in [0.15, 0.2) is 0 Å². The molecule has 3 aromatic rings. The molecule has 2 aromatic carbocycles. The normalized spacial score (nSPS) is 18.2. The van der Waals surface area contributed by atoms with Crippen LogP contribution in [-0.2, 0) is 0 Å². The second-order valence-corrected chi connectivity index (χ2v) is 5.09. The van der Waals surface area contributed by atoms with E-state index in [-0.39, 0.29) is 11.9 Å². The number of rotatable bonds is 1. The summed E-state index contributed by atoms with van der Waals surface area (Å²) in [5.41, 5.74) is 3.36. The third-order valence-corrected chi connectivity index (χ3v) is 3.91. The Kier molecular flexibility index (Phi) is 2.47. The van der Waals surface area contributed by atoms with Gasteiger partial charge in [0.05, 0.1) is 18.1 Å². The van der Waals surface area contributed by atoms with Crippen molar-refractivity contribution in [2.24, 2.45) is 0 Å². The zero-order valence-corrected chi connectivity index (χ0v) is 10.9. The van der Waals surface area contributed by atoms with Crippen molar-refractivity contribution in [3.8, 4) is 0 Å². The highest BCUT2D eigenvalue weighted by molar-refractivity contribution is 5.96. The van der Waals surface area contributed by atoms with Crippen molar-refractivity contribution in [1.82, 2.24) is 9.88 Å². The third kappa shape index (κ3) is 1.60. The van der Waals surface area contributed by atoms with Gasteiger partial charge >= 0.3 is 0 Å². The van der Waals surface area contributed by atoms with E-state index in [9.17, 15) is 4.79 Å². The number of benzene rings is 2. The van der Waals surface area contributed by atoms with Crippen LogP contribution in [0.1, 0.15) is 22.0 Å². The van der Waals surface area contributed by atoms with E-state index in [0.717, 1.165) is 16.5 Å². The van der Waals surface area contributed by atoms with Crippen molar-refractivity contribution in [3.63, 3.8) is 0 Å². The fourth-order valence-electron chi connectivity index (χ4n) is 2.99. The van der Waals surface area contributed by atoms with Gasteiger partial charge in [0.2, 0.25) is 5.91 Å². The van der Waals surface area contributed by atoms with Crippen LogP contribution in [0.25, 0.3) is 10.9 Å². The van der Waals surface area contributed by atoms with Gasteiger partial charge < -0.3 is 0 Å². The molecule has 3 nitrogen and oxygen atoms in total. The van der Waals surface area contributed by atoms with Crippen LogP contribution in [0, 0.1) is 0 Å². The Labute approximate surface area is 116 Å². The number of carbonyl (C=O) groups is 1. The van der Waals surface area contributed by atoms with E-state index >= 15 is 0 Å². The van der Waals surface area contributed by atoms with Crippen LogP contribution < -0.4 is 5.32 Å². The lowest BCUT2D eigenvalue weighted by molar-refractivity contribution is 0.0918. The molecule has 3 heteroatoms. The van der Waals surface area contributed by atoms with Crippen molar-refractivity contribution in [2.45, 2.75) is 6.04 Å². The topological polar surface area (TPSA) is 34.0 Å². The molecule has 0 spiro atoms. The molecule has 98 valence electrons. The Morgan fingerprint density at radius 3 is 2.70 bits per heavy atom. The quantitative estimate of drug-likeness (QED) is 0.731. The van der Waals surface area contributed by atoms with Gasteiger partial charge in [0, 0.05) is 11.6 Å². The molecule has 1 atom stereocenters. The van der Waals surface area contributed by atoms with Gasteiger partial charge in [-0.2, -0.15) is 0 Å². The molecule has 1 aliphatic rings. The second-order valence-electron chi connectivity index (χ2n) is 5.09. The Morgan fingerprint density at radius 2 is 1.85 bits per heavy atom. The molecule has 0 unspecified atom stereocenters. The zero-order valence-electron chi connectivity index (χ0n) is 10.9. The van der Waals surface area contributed by atoms with Crippen LogP contribution in [0.2, 0.25) is 0 Å². The van der Waals surface area contributed by atoms with Crippen LogP contribution >= 0.6 is 0 Å². The summed E-state index contributed by atoms with van der Waals surface area (Å²) in [4.78, 5) is 12.2. The maximum atomic E-state index is 12.2. The molecule has 0 radical (unpaired) electrons. The lowest BCUT2D eigenvalue weighted by Crippen LogP contribution is -2.27. The van der Waals surface area contributed by atoms with Crippen molar-refractivity contribution in [3.05, 3.63) is 71.9 Å². The molecule has 0 amide bonds. The average Bonchev–Trinajstić information content (AvgIpc) is 2.87. The molecule has 0 aliphatic carbocycles. The predicted molar refractivity (Wildman–Crippen MR) is 78.9 cm³/mol. The molecule has 0 saturated heterocycles. The summed E-state index contributed by atoms with van der Waals surface area (Å²) in [5.74, 6) is 0.0888. The predicted octanol–water partition coefficient (Wildman–Crippen LogP) is 2.97. The van der Waals surface area contributed by atoms with Crippen molar-refractivity contribution in [2.75, 3.05) is 6.54 Å². The van der Waals surface area contributed by atoms with Crippen LogP contribution in [0.5, 0.6) is 0 Å². The molecule has 1 N–H and O–H groups in total. The summed E-state index contributed by atoms with van der Waals surface area (Å²) < 4.78 is 1.76. The first kappa shape index (κ1) is 11.4. The van der Waals surface area contributed by atoms with E-state index in [1.54, 1.807) is 4.57 Å². The number of nitrogens with one attached hydrogen (secondary N) is 1. The Bertz CT molecular complexity index is 789. The first-order valence-electron chi connectivity index (χ1n) is 6.76. The highest BCUT2D eigenvalue weighted by Gasteiger charge is 2.24. The van der Waals surface area contributed by atoms with Crippen LogP contribution in [-0.4, -0.2) is 17.0 Å². The number of aromatic nitrogens is 1. The van der Waals surface area contributed by atoms with E-state index in [4.69, 9.17) is 0 Å². The van der Waals surface area contributed by atoms with Crippen molar-refractivity contribution in [1.29, 1.82) is 0 Å². The van der Waals surface area contributed by atoms with Crippen molar-refractivity contribution >= 4 is 16.8 Å². The molecule has 2 heterocycles. The van der Waals surface area contributed by atoms with Gasteiger partial charge in [-0.15, -0.1) is 0 Å². The van der Waals surface area contributed by atoms with Crippen LogP contribution in [0.15, 0.2) is 60.8 Å². The van der Waals surface area contributed by atoms with Gasteiger partial charge in [-0.05, 0) is 17.2 Å². The monoisotopic (exact) mass is 262 g/mol. The number of nitrogens with zero attached hydrogens (tertiary/aromatic N) is 1. The average molecular weight is 262 g/mol. The largest absolute Gasteiger partial charge is 0.298 e. The Balaban J connectivity index is 2.00. The Morgan fingerprint density at radius 1 is 1.00 bits per heavy atom. The summed E-state index contributed by atoms with van der Waals surface area (Å²) in [5, 5.41) is 4.48. The van der Waals surface area contributed by atoms with E-state index in [1.165, 1.54) is 5.56 Å². The molecule has 0 saturated carbocycles. The zero-order chi connectivity index (χ0) is 13.5. The summed E-state index contributed by atoms with van der Waals surface area (Å²) in [7, 11) is 0. The minimum atomic E-state index is 0.0556. The smallest absolute Gasteiger partial charge is 0.245 e. The van der Waals surface area contributed by atoms with Gasteiger partial charge in [0.25, 0.3) is 0 Å². The Hall–Kier alpha value is -2.39. The lowest BCUT2D eigenvalue weighted by Gasteiger charge is -2.17. The summed E-state index contributed by atoms with van der Waals surface area (Å²) in [6.45, 7) is 0.345. The molecule has 1 aromatic heterocycles. The van der Waals surface area contributed by atoms with E-state index in [2.05, 4.69) is 35.6 Å². The van der Waals surface area contributed by atoms with Gasteiger partial charge in [-0.1, -0.05) is 48.5 Å². The number of hydrogen-bond acceptors (Lipinski definition) is 2. The van der Waals surface area contributed by atoms with Gasteiger partial charge in [-0.25, -0.2) is 0 Å². The van der Waals surface area contributed by atoms with Gasteiger partial charge in [-0.3, -0.25) is 14.7 Å². The minimum absolute atomic E-state index is 0.0556. The highest BCUT2D eigenvalue weighted by Crippen LogP contribution is 2.31. The molecule has 20 heavy (non-hydrogen) atoms. The fourth-order valence-corrected chi connectivity index (χ4v) is 2.99. The standard InChI is InChI=1S/C17H14N2O/c20-15-11-18-16(12-5-2-1-3-6-12)14-8-4-7-13-9-10-19(15)17(13)14/h1-10,16,18H,11H2/t16-/m1/s1. The third-order valence-electron chi connectivity index (χ3n) is 3.91. The highest BCUT2D eigenvalue weighted by atomic mass is 16.2. The maximum Gasteiger partial charge on any atom is 0.245 e. The molecule has 0 bridgehead atoms. The summed E-state index contributed by atoms with van der Waals surface area (Å²) in [6, 6.07) is 18.5. The minimum Gasteiger partial charge on any atom is -0.298 e. The first-order chi connectivity index (χ1) is 9.84.